The molecule has 1 fully saturated rings. The average molecular weight is 423 g/mol. The van der Waals surface area contributed by atoms with Crippen molar-refractivity contribution in [2.24, 2.45) is 0 Å². The fraction of sp³-hybridized carbons (Fsp3) is 0.522. The second-order valence-electron chi connectivity index (χ2n) is 8.58. The molecule has 0 bridgehead atoms. The number of nitrogens with one attached hydrogen (secondary N) is 1. The number of benzene rings is 1. The van der Waals surface area contributed by atoms with Crippen molar-refractivity contribution in [3.8, 4) is 0 Å². The molecule has 1 amide bonds. The molecular formula is C23H30N6O2. The number of likely N-dealkylation sites (tertiary alicyclic amines) is 1. The first-order valence-electron chi connectivity index (χ1n) is 11.1. The molecule has 1 aliphatic heterocycles. The summed E-state index contributed by atoms with van der Waals surface area (Å²) in [4.78, 5) is 34.8. The maximum Gasteiger partial charge on any atom is 0.281 e. The van der Waals surface area contributed by atoms with E-state index in [1.54, 1.807) is 4.68 Å². The number of unbranched alkanes of at least 4 members (excludes halogenated alkanes) is 1. The Morgan fingerprint density at radius 2 is 2.13 bits per heavy atom. The number of fused-ring (bicyclic) bond motifs is 1. The highest BCUT2D eigenvalue weighted by Gasteiger charge is 2.27. The monoisotopic (exact) mass is 422 g/mol. The van der Waals surface area contributed by atoms with E-state index in [0.717, 1.165) is 43.4 Å². The molecule has 164 valence electrons. The standard InChI is InChI=1S/C23H30N6O2/c1-4-5-8-19(30)28-11-6-7-17(13-28)21-24-22-20(23(31)25-21)26-27-29(22)14-18-12-15(2)9-10-16(18)3/h9-10,12,17H,4-8,11,13-14H2,1-3H3,(H,24,25,31). The lowest BCUT2D eigenvalue weighted by molar-refractivity contribution is -0.132. The Balaban J connectivity index is 1.62. The number of aromatic amines is 1. The number of aromatic nitrogens is 5. The molecule has 8 heteroatoms. The summed E-state index contributed by atoms with van der Waals surface area (Å²) < 4.78 is 1.70. The number of aryl methyl sites for hydroxylation is 2. The molecule has 8 nitrogen and oxygen atoms in total. The Hall–Kier alpha value is -3.03. The van der Waals surface area contributed by atoms with Crippen LogP contribution in [0.2, 0.25) is 0 Å². The van der Waals surface area contributed by atoms with E-state index in [-0.39, 0.29) is 22.9 Å². The molecule has 1 aliphatic rings. The maximum absolute atomic E-state index is 12.7. The third-order valence-corrected chi connectivity index (χ3v) is 6.12. The normalized spacial score (nSPS) is 16.7. The van der Waals surface area contributed by atoms with Crippen LogP contribution in [0.1, 0.15) is 67.5 Å². The molecule has 2 aromatic heterocycles. The van der Waals surface area contributed by atoms with Crippen molar-refractivity contribution < 1.29 is 4.79 Å². The summed E-state index contributed by atoms with van der Waals surface area (Å²) in [6, 6.07) is 6.29. The topological polar surface area (TPSA) is 96.8 Å². The van der Waals surface area contributed by atoms with Crippen LogP contribution in [-0.4, -0.2) is 48.9 Å². The maximum atomic E-state index is 12.7. The van der Waals surface area contributed by atoms with Gasteiger partial charge in [-0.1, -0.05) is 42.3 Å². The highest BCUT2D eigenvalue weighted by Crippen LogP contribution is 2.25. The van der Waals surface area contributed by atoms with Gasteiger partial charge in [-0.2, -0.15) is 0 Å². The number of carbonyl (C=O) groups is 1. The van der Waals surface area contributed by atoms with Crippen LogP contribution in [-0.2, 0) is 11.3 Å². The van der Waals surface area contributed by atoms with Crippen molar-refractivity contribution in [2.75, 3.05) is 13.1 Å². The Labute approximate surface area is 181 Å². The first-order chi connectivity index (χ1) is 15.0. The van der Waals surface area contributed by atoms with Crippen LogP contribution >= 0.6 is 0 Å². The minimum absolute atomic E-state index is 0.0143. The Morgan fingerprint density at radius 1 is 1.29 bits per heavy atom. The second-order valence-corrected chi connectivity index (χ2v) is 8.58. The van der Waals surface area contributed by atoms with Crippen molar-refractivity contribution in [2.45, 2.75) is 65.3 Å². The number of piperidine rings is 1. The van der Waals surface area contributed by atoms with Crippen LogP contribution in [0.5, 0.6) is 0 Å². The molecule has 0 radical (unpaired) electrons. The van der Waals surface area contributed by atoms with Crippen molar-refractivity contribution in [3.63, 3.8) is 0 Å². The molecule has 1 unspecified atom stereocenters. The summed E-state index contributed by atoms with van der Waals surface area (Å²) >= 11 is 0. The zero-order chi connectivity index (χ0) is 22.0. The van der Waals surface area contributed by atoms with Gasteiger partial charge in [0.05, 0.1) is 6.54 Å². The van der Waals surface area contributed by atoms with Crippen molar-refractivity contribution in [1.29, 1.82) is 0 Å². The van der Waals surface area contributed by atoms with Crippen LogP contribution in [0.25, 0.3) is 11.2 Å². The van der Waals surface area contributed by atoms with E-state index in [1.165, 1.54) is 5.56 Å². The van der Waals surface area contributed by atoms with Crippen molar-refractivity contribution >= 4 is 17.1 Å². The van der Waals surface area contributed by atoms with Gasteiger partial charge in [0.15, 0.2) is 11.2 Å². The lowest BCUT2D eigenvalue weighted by Gasteiger charge is -2.32. The molecule has 4 rings (SSSR count). The SMILES string of the molecule is CCCCC(=O)N1CCCC(c2nc3c(nnn3Cc3cc(C)ccc3C)c(=O)[nH]2)C1. The third-order valence-electron chi connectivity index (χ3n) is 6.12. The molecule has 31 heavy (non-hydrogen) atoms. The van der Waals surface area contributed by atoms with Gasteiger partial charge in [0.25, 0.3) is 5.56 Å². The average Bonchev–Trinajstić information content (AvgIpc) is 3.18. The second kappa shape index (κ2) is 8.99. The predicted octanol–water partition coefficient (Wildman–Crippen LogP) is 3.08. The number of nitrogens with zero attached hydrogens (tertiary/aromatic N) is 5. The van der Waals surface area contributed by atoms with Crippen LogP contribution in [0, 0.1) is 13.8 Å². The van der Waals surface area contributed by atoms with Crippen LogP contribution in [0.15, 0.2) is 23.0 Å². The first kappa shape index (κ1) is 21.2. The summed E-state index contributed by atoms with van der Waals surface area (Å²) in [6.07, 6.45) is 4.30. The summed E-state index contributed by atoms with van der Waals surface area (Å²) in [5.74, 6) is 0.826. The van der Waals surface area contributed by atoms with Crippen molar-refractivity contribution in [3.05, 3.63) is 51.1 Å². The Morgan fingerprint density at radius 3 is 2.94 bits per heavy atom. The van der Waals surface area contributed by atoms with Gasteiger partial charge < -0.3 is 9.88 Å². The Bertz CT molecular complexity index is 1150. The molecule has 1 N–H and O–H groups in total. The number of hydrogen-bond acceptors (Lipinski definition) is 5. The molecule has 0 spiro atoms. The Kier molecular flexibility index (Phi) is 6.15. The van der Waals surface area contributed by atoms with Gasteiger partial charge in [0, 0.05) is 25.4 Å². The van der Waals surface area contributed by atoms with Crippen LogP contribution in [0.3, 0.4) is 0 Å². The lowest BCUT2D eigenvalue weighted by Crippen LogP contribution is -2.39. The summed E-state index contributed by atoms with van der Waals surface area (Å²) in [5, 5.41) is 8.28. The smallest absolute Gasteiger partial charge is 0.281 e. The largest absolute Gasteiger partial charge is 0.342 e. The van der Waals surface area contributed by atoms with Gasteiger partial charge in [-0.3, -0.25) is 9.59 Å². The van der Waals surface area contributed by atoms with Gasteiger partial charge in [-0.05, 0) is 44.2 Å². The minimum Gasteiger partial charge on any atom is -0.342 e. The lowest BCUT2D eigenvalue weighted by atomic mass is 9.96. The zero-order valence-corrected chi connectivity index (χ0v) is 18.5. The van der Waals surface area contributed by atoms with E-state index in [2.05, 4.69) is 54.3 Å². The molecule has 3 heterocycles. The molecule has 1 saturated heterocycles. The van der Waals surface area contributed by atoms with E-state index < -0.39 is 0 Å². The van der Waals surface area contributed by atoms with Gasteiger partial charge in [0.2, 0.25) is 5.91 Å². The fourth-order valence-electron chi connectivity index (χ4n) is 4.23. The predicted molar refractivity (Wildman–Crippen MR) is 119 cm³/mol. The van der Waals surface area contributed by atoms with E-state index in [4.69, 9.17) is 4.98 Å². The fourth-order valence-corrected chi connectivity index (χ4v) is 4.23. The molecule has 0 saturated carbocycles. The molecule has 0 aliphatic carbocycles. The number of carbonyl (C=O) groups excluding carboxylic acids is 1. The van der Waals surface area contributed by atoms with Gasteiger partial charge in [0.1, 0.15) is 5.82 Å². The highest BCUT2D eigenvalue weighted by molar-refractivity contribution is 5.76. The quantitative estimate of drug-likeness (QED) is 0.658. The summed E-state index contributed by atoms with van der Waals surface area (Å²) in [6.45, 7) is 8.08. The van der Waals surface area contributed by atoms with E-state index in [9.17, 15) is 9.59 Å². The number of rotatable bonds is 6. The number of H-pyrrole nitrogens is 1. The van der Waals surface area contributed by atoms with E-state index >= 15 is 0 Å². The molecule has 1 aromatic carbocycles. The zero-order valence-electron chi connectivity index (χ0n) is 18.5. The third kappa shape index (κ3) is 4.52. The van der Waals surface area contributed by atoms with Gasteiger partial charge >= 0.3 is 0 Å². The van der Waals surface area contributed by atoms with Crippen LogP contribution < -0.4 is 5.56 Å². The van der Waals surface area contributed by atoms with Gasteiger partial charge in [-0.15, -0.1) is 5.10 Å². The van der Waals surface area contributed by atoms with E-state index in [0.29, 0.717) is 31.0 Å². The number of hydrogen-bond donors (Lipinski definition) is 1. The first-order valence-corrected chi connectivity index (χ1v) is 11.1. The van der Waals surface area contributed by atoms with Crippen molar-refractivity contribution in [1.82, 2.24) is 29.9 Å². The molecule has 3 aromatic rings. The summed E-state index contributed by atoms with van der Waals surface area (Å²) in [7, 11) is 0. The van der Waals surface area contributed by atoms with Gasteiger partial charge in [-0.25, -0.2) is 9.67 Å². The molecule has 1 atom stereocenters. The summed E-state index contributed by atoms with van der Waals surface area (Å²) in [5.41, 5.74) is 3.93. The highest BCUT2D eigenvalue weighted by atomic mass is 16.2. The van der Waals surface area contributed by atoms with E-state index in [1.807, 2.05) is 4.90 Å². The molecular weight excluding hydrogens is 392 g/mol. The number of amides is 1. The minimum atomic E-state index is -0.276. The van der Waals surface area contributed by atoms with Crippen LogP contribution in [0.4, 0.5) is 0 Å².